The molecule has 2 unspecified atom stereocenters. The highest BCUT2D eigenvalue weighted by Crippen LogP contribution is 2.27. The zero-order valence-corrected chi connectivity index (χ0v) is 13.1. The molecule has 4 nitrogen and oxygen atoms in total. The molecule has 0 saturated carbocycles. The van der Waals surface area contributed by atoms with Crippen molar-refractivity contribution in [2.24, 2.45) is 0 Å². The number of aromatic nitrogens is 1. The maximum absolute atomic E-state index is 12.8. The number of likely N-dealkylation sites (tertiary alicyclic amines) is 1. The summed E-state index contributed by atoms with van der Waals surface area (Å²) in [4.78, 5) is 18.9. The lowest BCUT2D eigenvalue weighted by atomic mass is 9.96. The van der Waals surface area contributed by atoms with E-state index in [1.54, 1.807) is 12.3 Å². The highest BCUT2D eigenvalue weighted by Gasteiger charge is 2.30. The molecule has 110 valence electrons. The average Bonchev–Trinajstić information content (AvgIpc) is 2.41. The van der Waals surface area contributed by atoms with Crippen molar-refractivity contribution in [3.05, 3.63) is 22.8 Å². The minimum absolute atomic E-state index is 0.0104. The SMILES string of the molecule is CCNc1cc(C(=O)N2C(C)CCCC2C)c(Cl)cn1. The molecular weight excluding hydrogens is 274 g/mol. The summed E-state index contributed by atoms with van der Waals surface area (Å²) in [5.41, 5.74) is 0.540. The second kappa shape index (κ2) is 6.44. The first-order chi connectivity index (χ1) is 9.54. The smallest absolute Gasteiger partial charge is 0.256 e. The first kappa shape index (κ1) is 15.1. The monoisotopic (exact) mass is 295 g/mol. The normalized spacial score (nSPS) is 22.7. The van der Waals surface area contributed by atoms with E-state index in [9.17, 15) is 4.79 Å². The number of hydrogen-bond acceptors (Lipinski definition) is 3. The van der Waals surface area contributed by atoms with Crippen LogP contribution in [-0.2, 0) is 0 Å². The summed E-state index contributed by atoms with van der Waals surface area (Å²) in [7, 11) is 0. The number of rotatable bonds is 3. The summed E-state index contributed by atoms with van der Waals surface area (Å²) in [6.45, 7) is 6.97. The number of nitrogens with zero attached hydrogens (tertiary/aromatic N) is 2. The van der Waals surface area contributed by atoms with Crippen molar-refractivity contribution in [1.29, 1.82) is 0 Å². The van der Waals surface area contributed by atoms with E-state index >= 15 is 0 Å². The van der Waals surface area contributed by atoms with E-state index < -0.39 is 0 Å². The fourth-order valence-electron chi connectivity index (χ4n) is 2.84. The minimum Gasteiger partial charge on any atom is -0.370 e. The zero-order valence-electron chi connectivity index (χ0n) is 12.3. The number of nitrogens with one attached hydrogen (secondary N) is 1. The third kappa shape index (κ3) is 3.06. The van der Waals surface area contributed by atoms with Crippen molar-refractivity contribution in [1.82, 2.24) is 9.88 Å². The number of piperidine rings is 1. The summed E-state index contributed by atoms with van der Waals surface area (Å²) < 4.78 is 0. The van der Waals surface area contributed by atoms with Gasteiger partial charge >= 0.3 is 0 Å². The highest BCUT2D eigenvalue weighted by molar-refractivity contribution is 6.33. The summed E-state index contributed by atoms with van der Waals surface area (Å²) in [5.74, 6) is 0.703. The van der Waals surface area contributed by atoms with Crippen LogP contribution in [0.15, 0.2) is 12.3 Å². The van der Waals surface area contributed by atoms with Gasteiger partial charge in [-0.3, -0.25) is 4.79 Å². The second-order valence-electron chi connectivity index (χ2n) is 5.42. The molecule has 1 aliphatic rings. The number of carbonyl (C=O) groups is 1. The van der Waals surface area contributed by atoms with Gasteiger partial charge in [0, 0.05) is 24.8 Å². The Balaban J connectivity index is 2.29. The summed E-state index contributed by atoms with van der Waals surface area (Å²) in [6.07, 6.45) is 4.84. The van der Waals surface area contributed by atoms with E-state index in [-0.39, 0.29) is 18.0 Å². The average molecular weight is 296 g/mol. The maximum atomic E-state index is 12.8. The molecule has 1 amide bonds. The fraction of sp³-hybridized carbons (Fsp3) is 0.600. The molecule has 1 aromatic heterocycles. The number of halogens is 1. The standard InChI is InChI=1S/C15H22ClN3O/c1-4-17-14-8-12(13(16)9-18-14)15(20)19-10(2)6-5-7-11(19)3/h8-11H,4-7H2,1-3H3,(H,17,18). The summed E-state index contributed by atoms with van der Waals surface area (Å²) in [6, 6.07) is 2.28. The molecule has 1 aromatic rings. The van der Waals surface area contributed by atoms with E-state index in [4.69, 9.17) is 11.6 Å². The Bertz CT molecular complexity index is 482. The Morgan fingerprint density at radius 3 is 2.70 bits per heavy atom. The number of hydrogen-bond donors (Lipinski definition) is 1. The molecule has 1 N–H and O–H groups in total. The zero-order chi connectivity index (χ0) is 14.7. The lowest BCUT2D eigenvalue weighted by Crippen LogP contribution is -2.47. The summed E-state index contributed by atoms with van der Waals surface area (Å²) in [5, 5.41) is 3.53. The molecule has 5 heteroatoms. The Kier molecular flexibility index (Phi) is 4.86. The van der Waals surface area contributed by atoms with Crippen molar-refractivity contribution in [2.45, 2.75) is 52.1 Å². The lowest BCUT2D eigenvalue weighted by Gasteiger charge is -2.39. The van der Waals surface area contributed by atoms with Crippen LogP contribution in [0.3, 0.4) is 0 Å². The first-order valence-corrected chi connectivity index (χ1v) is 7.64. The molecule has 1 aliphatic heterocycles. The molecule has 2 heterocycles. The van der Waals surface area contributed by atoms with Crippen LogP contribution in [0.2, 0.25) is 5.02 Å². The number of carbonyl (C=O) groups excluding carboxylic acids is 1. The predicted octanol–water partition coefficient (Wildman–Crippen LogP) is 3.57. The molecule has 0 aromatic carbocycles. The second-order valence-corrected chi connectivity index (χ2v) is 5.83. The van der Waals surface area contributed by atoms with Gasteiger partial charge in [-0.25, -0.2) is 4.98 Å². The lowest BCUT2D eigenvalue weighted by molar-refractivity contribution is 0.0511. The van der Waals surface area contributed by atoms with Crippen LogP contribution >= 0.6 is 11.6 Å². The van der Waals surface area contributed by atoms with Crippen LogP contribution in [0.4, 0.5) is 5.82 Å². The van der Waals surface area contributed by atoms with Gasteiger partial charge in [0.15, 0.2) is 0 Å². The molecule has 0 aliphatic carbocycles. The van der Waals surface area contributed by atoms with Gasteiger partial charge in [0.2, 0.25) is 0 Å². The molecular formula is C15H22ClN3O. The van der Waals surface area contributed by atoms with Crippen molar-refractivity contribution in [3.8, 4) is 0 Å². The molecule has 1 saturated heterocycles. The quantitative estimate of drug-likeness (QED) is 0.927. The van der Waals surface area contributed by atoms with Gasteiger partial charge < -0.3 is 10.2 Å². The Morgan fingerprint density at radius 1 is 1.45 bits per heavy atom. The number of amides is 1. The number of anilines is 1. The van der Waals surface area contributed by atoms with Gasteiger partial charge in [-0.15, -0.1) is 0 Å². The third-order valence-corrected chi connectivity index (χ3v) is 4.17. The van der Waals surface area contributed by atoms with Crippen LogP contribution in [0.1, 0.15) is 50.4 Å². The molecule has 2 rings (SSSR count). The largest absolute Gasteiger partial charge is 0.370 e. The third-order valence-electron chi connectivity index (χ3n) is 3.87. The van der Waals surface area contributed by atoms with Crippen molar-refractivity contribution >= 4 is 23.3 Å². The van der Waals surface area contributed by atoms with Gasteiger partial charge in [0.1, 0.15) is 5.82 Å². The van der Waals surface area contributed by atoms with Gasteiger partial charge in [-0.05, 0) is 46.1 Å². The molecule has 0 bridgehead atoms. The van der Waals surface area contributed by atoms with Gasteiger partial charge in [-0.1, -0.05) is 11.6 Å². The minimum atomic E-state index is 0.0104. The number of pyridine rings is 1. The summed E-state index contributed by atoms with van der Waals surface area (Å²) >= 11 is 6.17. The Hall–Kier alpha value is -1.29. The first-order valence-electron chi connectivity index (χ1n) is 7.26. The maximum Gasteiger partial charge on any atom is 0.256 e. The molecule has 1 fully saturated rings. The van der Waals surface area contributed by atoms with Crippen LogP contribution in [0.25, 0.3) is 0 Å². The van der Waals surface area contributed by atoms with Crippen LogP contribution in [0, 0.1) is 0 Å². The van der Waals surface area contributed by atoms with Crippen molar-refractivity contribution < 1.29 is 4.79 Å². The van der Waals surface area contributed by atoms with Crippen molar-refractivity contribution in [2.75, 3.05) is 11.9 Å². The van der Waals surface area contributed by atoms with Gasteiger partial charge in [-0.2, -0.15) is 0 Å². The van der Waals surface area contributed by atoms with E-state index in [1.807, 2.05) is 11.8 Å². The van der Waals surface area contributed by atoms with E-state index in [0.29, 0.717) is 16.4 Å². The van der Waals surface area contributed by atoms with Crippen molar-refractivity contribution in [3.63, 3.8) is 0 Å². The Labute approximate surface area is 125 Å². The topological polar surface area (TPSA) is 45.2 Å². The predicted molar refractivity (Wildman–Crippen MR) is 82.4 cm³/mol. The van der Waals surface area contributed by atoms with E-state index in [2.05, 4.69) is 24.1 Å². The molecule has 0 radical (unpaired) electrons. The van der Waals surface area contributed by atoms with E-state index in [1.165, 1.54) is 6.42 Å². The fourth-order valence-corrected chi connectivity index (χ4v) is 3.03. The molecule has 0 spiro atoms. The Morgan fingerprint density at radius 2 is 2.10 bits per heavy atom. The van der Waals surface area contributed by atoms with E-state index in [0.717, 1.165) is 19.4 Å². The highest BCUT2D eigenvalue weighted by atomic mass is 35.5. The molecule has 2 atom stereocenters. The van der Waals surface area contributed by atoms with Crippen LogP contribution in [0.5, 0.6) is 0 Å². The van der Waals surface area contributed by atoms with Gasteiger partial charge in [0.25, 0.3) is 5.91 Å². The van der Waals surface area contributed by atoms with Crippen LogP contribution in [-0.4, -0.2) is 34.4 Å². The molecule has 20 heavy (non-hydrogen) atoms. The van der Waals surface area contributed by atoms with Crippen LogP contribution < -0.4 is 5.32 Å². The van der Waals surface area contributed by atoms with Gasteiger partial charge in [0.05, 0.1) is 10.6 Å².